The number of ether oxygens (including phenoxy) is 1. The quantitative estimate of drug-likeness (QED) is 0.720. The van der Waals surface area contributed by atoms with Crippen molar-refractivity contribution < 1.29 is 22.7 Å². The average Bonchev–Trinajstić information content (AvgIpc) is 2.92. The van der Waals surface area contributed by atoms with Gasteiger partial charge in [0.1, 0.15) is 10.5 Å². The van der Waals surface area contributed by atoms with E-state index in [1.165, 1.54) is 0 Å². The fourth-order valence-corrected chi connectivity index (χ4v) is 5.90. The molecule has 29 heavy (non-hydrogen) atoms. The number of fused-ring (bicyclic) bond motifs is 1. The average molecular weight is 422 g/mol. The zero-order valence-electron chi connectivity index (χ0n) is 16.7. The fraction of sp³-hybridized carbons (Fsp3) is 0.600. The molecular weight excluding hydrogens is 394 g/mol. The number of rotatable bonds is 3. The minimum absolute atomic E-state index is 0.0365. The number of likely N-dealkylation sites (tertiary alicyclic amines) is 1. The van der Waals surface area contributed by atoms with Crippen LogP contribution in [0, 0.1) is 11.8 Å². The predicted molar refractivity (Wildman–Crippen MR) is 106 cm³/mol. The lowest BCUT2D eigenvalue weighted by Gasteiger charge is -2.39. The first-order valence-electron chi connectivity index (χ1n) is 10.0. The number of nitrogens with zero attached hydrogens (tertiary/aromatic N) is 1. The first-order chi connectivity index (χ1) is 13.6. The molecule has 158 valence electrons. The summed E-state index contributed by atoms with van der Waals surface area (Å²) >= 11 is 0. The molecule has 0 aliphatic carbocycles. The first kappa shape index (κ1) is 20.2. The summed E-state index contributed by atoms with van der Waals surface area (Å²) in [6.07, 6.45) is 1.72. The van der Waals surface area contributed by atoms with Gasteiger partial charge in [0, 0.05) is 25.9 Å². The molecule has 3 aliphatic rings. The Hall–Kier alpha value is -2.13. The Morgan fingerprint density at radius 2 is 1.93 bits per heavy atom. The first-order valence-corrected chi connectivity index (χ1v) is 11.5. The molecule has 8 nitrogen and oxygen atoms in total. The second-order valence-electron chi connectivity index (χ2n) is 8.74. The van der Waals surface area contributed by atoms with Gasteiger partial charge in [-0.15, -0.1) is 0 Å². The van der Waals surface area contributed by atoms with Gasteiger partial charge < -0.3 is 15.0 Å². The highest BCUT2D eigenvalue weighted by molar-refractivity contribution is 7.89. The Labute approximate surface area is 171 Å². The van der Waals surface area contributed by atoms with Gasteiger partial charge in [-0.25, -0.2) is 8.42 Å². The molecule has 3 aliphatic heterocycles. The molecular formula is C20H27N3O5S. The molecule has 2 N–H and O–H groups in total. The summed E-state index contributed by atoms with van der Waals surface area (Å²) in [5.74, 6) is -0.626. The second kappa shape index (κ2) is 7.28. The van der Waals surface area contributed by atoms with E-state index in [0.717, 1.165) is 0 Å². The number of esters is 1. The van der Waals surface area contributed by atoms with Crippen LogP contribution in [0.4, 0.5) is 5.69 Å². The topological polar surface area (TPSA) is 105 Å². The van der Waals surface area contributed by atoms with Crippen LogP contribution in [-0.4, -0.2) is 50.1 Å². The van der Waals surface area contributed by atoms with Crippen molar-refractivity contribution in [3.63, 3.8) is 0 Å². The number of carbonyl (C=O) groups is 2. The smallest absolute Gasteiger partial charge is 0.310 e. The summed E-state index contributed by atoms with van der Waals surface area (Å²) < 4.78 is 33.1. The highest BCUT2D eigenvalue weighted by atomic mass is 32.2. The number of carbonyl (C=O) groups excluding carboxylic acids is 2. The van der Waals surface area contributed by atoms with E-state index in [1.807, 2.05) is 13.8 Å². The summed E-state index contributed by atoms with van der Waals surface area (Å²) in [6.45, 7) is 4.82. The molecule has 3 heterocycles. The summed E-state index contributed by atoms with van der Waals surface area (Å²) in [7, 11) is -3.55. The normalized spacial score (nSPS) is 28.3. The van der Waals surface area contributed by atoms with Gasteiger partial charge in [-0.05, 0) is 44.7 Å². The van der Waals surface area contributed by atoms with Gasteiger partial charge in [-0.3, -0.25) is 9.59 Å². The van der Waals surface area contributed by atoms with Gasteiger partial charge in [-0.2, -0.15) is 4.72 Å². The molecule has 1 aromatic rings. The van der Waals surface area contributed by atoms with Crippen LogP contribution >= 0.6 is 0 Å². The highest BCUT2D eigenvalue weighted by Gasteiger charge is 2.42. The van der Waals surface area contributed by atoms with Crippen LogP contribution in [0.3, 0.4) is 0 Å². The van der Waals surface area contributed by atoms with Crippen molar-refractivity contribution in [1.82, 2.24) is 9.62 Å². The Morgan fingerprint density at radius 3 is 2.59 bits per heavy atom. The van der Waals surface area contributed by atoms with Crippen LogP contribution in [-0.2, 0) is 24.3 Å². The van der Waals surface area contributed by atoms with Crippen LogP contribution < -0.4 is 10.0 Å². The Morgan fingerprint density at radius 1 is 1.24 bits per heavy atom. The molecule has 0 unspecified atom stereocenters. The molecule has 0 saturated carbocycles. The van der Waals surface area contributed by atoms with E-state index in [9.17, 15) is 18.0 Å². The lowest BCUT2D eigenvalue weighted by Crippen LogP contribution is -2.52. The van der Waals surface area contributed by atoms with Crippen LogP contribution in [0.15, 0.2) is 29.2 Å². The van der Waals surface area contributed by atoms with Crippen molar-refractivity contribution in [3.05, 3.63) is 24.3 Å². The van der Waals surface area contributed by atoms with E-state index in [1.54, 1.807) is 29.2 Å². The highest BCUT2D eigenvalue weighted by Crippen LogP contribution is 2.34. The lowest BCUT2D eigenvalue weighted by atomic mass is 9.91. The number of anilines is 1. The third-order valence-electron chi connectivity index (χ3n) is 6.00. The van der Waals surface area contributed by atoms with Gasteiger partial charge in [0.05, 0.1) is 17.8 Å². The second-order valence-corrected chi connectivity index (χ2v) is 10.4. The molecule has 0 aromatic heterocycles. The van der Waals surface area contributed by atoms with Crippen molar-refractivity contribution in [1.29, 1.82) is 0 Å². The molecule has 1 aromatic carbocycles. The van der Waals surface area contributed by atoms with Gasteiger partial charge >= 0.3 is 5.97 Å². The van der Waals surface area contributed by atoms with E-state index in [-0.39, 0.29) is 35.0 Å². The number of piperidine rings is 1. The van der Waals surface area contributed by atoms with E-state index >= 15 is 0 Å². The van der Waals surface area contributed by atoms with Crippen molar-refractivity contribution >= 4 is 27.6 Å². The minimum Gasteiger partial charge on any atom is -0.459 e. The molecule has 1 amide bonds. The Balaban J connectivity index is 1.34. The number of benzene rings is 1. The fourth-order valence-electron chi connectivity index (χ4n) is 4.51. The Bertz CT molecular complexity index is 922. The summed E-state index contributed by atoms with van der Waals surface area (Å²) in [5, 5.41) is 3.29. The SMILES string of the molecule is CC1(C)C[C@H](CC(=O)N2CCC([C@H]3Nc4ccccc4S(=O)(=O)N3)CC2)C(=O)O1. The number of hydrogen-bond donors (Lipinski definition) is 2. The van der Waals surface area contributed by atoms with Gasteiger partial charge in [0.15, 0.2) is 0 Å². The molecule has 0 spiro atoms. The number of cyclic esters (lactones) is 1. The van der Waals surface area contributed by atoms with E-state index in [0.29, 0.717) is 38.0 Å². The van der Waals surface area contributed by atoms with E-state index in [4.69, 9.17) is 4.74 Å². The zero-order chi connectivity index (χ0) is 20.8. The predicted octanol–water partition coefficient (Wildman–Crippen LogP) is 1.69. The van der Waals surface area contributed by atoms with Crippen LogP contribution in [0.5, 0.6) is 0 Å². The van der Waals surface area contributed by atoms with Crippen molar-refractivity contribution in [3.8, 4) is 0 Å². The summed E-state index contributed by atoms with van der Waals surface area (Å²) in [4.78, 5) is 26.7. The maximum Gasteiger partial charge on any atom is 0.310 e. The van der Waals surface area contributed by atoms with Crippen molar-refractivity contribution in [2.45, 2.75) is 56.2 Å². The molecule has 2 saturated heterocycles. The maximum absolute atomic E-state index is 12.7. The van der Waals surface area contributed by atoms with Crippen molar-refractivity contribution in [2.24, 2.45) is 11.8 Å². The molecule has 0 radical (unpaired) electrons. The van der Waals surface area contributed by atoms with E-state index in [2.05, 4.69) is 10.0 Å². The summed E-state index contributed by atoms with van der Waals surface area (Å²) in [6, 6.07) is 6.85. The largest absolute Gasteiger partial charge is 0.459 e. The zero-order valence-corrected chi connectivity index (χ0v) is 17.5. The molecule has 2 atom stereocenters. The monoisotopic (exact) mass is 421 g/mol. The number of amides is 1. The van der Waals surface area contributed by atoms with Crippen LogP contribution in [0.25, 0.3) is 0 Å². The van der Waals surface area contributed by atoms with Crippen molar-refractivity contribution in [2.75, 3.05) is 18.4 Å². The van der Waals surface area contributed by atoms with E-state index < -0.39 is 21.8 Å². The number of para-hydroxylation sites is 1. The Kier molecular flexibility index (Phi) is 5.06. The molecule has 4 rings (SSSR count). The maximum atomic E-state index is 12.7. The molecule has 2 fully saturated rings. The molecule has 9 heteroatoms. The van der Waals surface area contributed by atoms with Crippen LogP contribution in [0.2, 0.25) is 0 Å². The van der Waals surface area contributed by atoms with Gasteiger partial charge in [-0.1, -0.05) is 12.1 Å². The number of nitrogens with one attached hydrogen (secondary N) is 2. The number of sulfonamides is 1. The standard InChI is InChI=1S/C20H27N3O5S/c1-20(2)12-14(19(25)28-20)11-17(24)23-9-7-13(8-10-23)18-21-15-5-3-4-6-16(15)29(26,27)22-18/h3-6,13-14,18,21-22H,7-12H2,1-2H3/t14-,18-/m0/s1. The van der Waals surface area contributed by atoms with Gasteiger partial charge in [0.2, 0.25) is 15.9 Å². The summed E-state index contributed by atoms with van der Waals surface area (Å²) in [5.41, 5.74) is 0.104. The third kappa shape index (κ3) is 4.11. The van der Waals surface area contributed by atoms with Gasteiger partial charge in [0.25, 0.3) is 0 Å². The number of hydrogen-bond acceptors (Lipinski definition) is 6. The molecule has 0 bridgehead atoms. The van der Waals surface area contributed by atoms with Crippen LogP contribution in [0.1, 0.15) is 39.5 Å². The minimum atomic E-state index is -3.55. The lowest BCUT2D eigenvalue weighted by molar-refractivity contribution is -0.150. The third-order valence-corrected chi connectivity index (χ3v) is 7.50.